The van der Waals surface area contributed by atoms with Crippen molar-refractivity contribution in [2.45, 2.75) is 45.4 Å². The number of benzene rings is 4. The fraction of sp³-hybridized carbons (Fsp3) is 0.226. The van der Waals surface area contributed by atoms with Gasteiger partial charge in [0.05, 0.1) is 0 Å². The molecule has 0 spiro atoms. The van der Waals surface area contributed by atoms with Gasteiger partial charge in [0.25, 0.3) is 0 Å². The molecule has 0 atom stereocenters. The Kier molecular flexibility index (Phi) is 5.42. The first-order valence-electron chi connectivity index (χ1n) is 11.6. The van der Waals surface area contributed by atoms with E-state index < -0.39 is 7.92 Å². The van der Waals surface area contributed by atoms with Gasteiger partial charge in [0.2, 0.25) is 0 Å². The summed E-state index contributed by atoms with van der Waals surface area (Å²) in [6.07, 6.45) is 0. The average Bonchev–Trinajstić information content (AvgIpc) is 2.80. The van der Waals surface area contributed by atoms with Crippen LogP contribution < -0.4 is 20.7 Å². The van der Waals surface area contributed by atoms with Crippen LogP contribution in [0.1, 0.15) is 51.3 Å². The molecule has 4 aromatic carbocycles. The van der Waals surface area contributed by atoms with Crippen LogP contribution in [0.4, 0.5) is 0 Å². The molecule has 1 aliphatic rings. The maximum Gasteiger partial charge on any atom is 0.139 e. The van der Waals surface area contributed by atoms with Crippen LogP contribution in [0.25, 0.3) is 0 Å². The highest BCUT2D eigenvalue weighted by Gasteiger charge is 2.37. The van der Waals surface area contributed by atoms with Gasteiger partial charge in [0.1, 0.15) is 11.5 Å². The fourth-order valence-corrected chi connectivity index (χ4v) is 7.11. The minimum Gasteiger partial charge on any atom is -0.456 e. The van der Waals surface area contributed by atoms with Crippen molar-refractivity contribution in [1.82, 2.24) is 0 Å². The third-order valence-corrected chi connectivity index (χ3v) is 9.13. The molecule has 0 unspecified atom stereocenters. The molecular formula is C31H31OP. The molecule has 2 heteroatoms. The van der Waals surface area contributed by atoms with E-state index in [0.717, 1.165) is 11.5 Å². The van der Waals surface area contributed by atoms with Gasteiger partial charge in [-0.15, -0.1) is 0 Å². The molecule has 166 valence electrons. The van der Waals surface area contributed by atoms with Gasteiger partial charge in [0.15, 0.2) is 0 Å². The van der Waals surface area contributed by atoms with E-state index in [9.17, 15) is 0 Å². The van der Waals surface area contributed by atoms with Crippen molar-refractivity contribution >= 4 is 23.8 Å². The Morgan fingerprint density at radius 1 is 0.667 bits per heavy atom. The molecule has 1 aliphatic heterocycles. The second kappa shape index (κ2) is 8.15. The average molecular weight is 451 g/mol. The Bertz CT molecular complexity index is 1240. The standard InChI is InChI=1S/C31H31OP/c1-30(2,3)22-19-20-27-26(21-22)31(4,5)25-17-12-18-28(29(25)32-27)33(23-13-8-6-9-14-23)24-15-10-7-11-16-24/h6-21H,1-5H3. The van der Waals surface area contributed by atoms with E-state index >= 15 is 0 Å². The van der Waals surface area contributed by atoms with Crippen molar-refractivity contribution < 1.29 is 4.74 Å². The van der Waals surface area contributed by atoms with Crippen molar-refractivity contribution in [1.29, 1.82) is 0 Å². The van der Waals surface area contributed by atoms with E-state index in [2.05, 4.69) is 132 Å². The lowest BCUT2D eigenvalue weighted by molar-refractivity contribution is 0.419. The van der Waals surface area contributed by atoms with Crippen LogP contribution in [0.5, 0.6) is 11.5 Å². The second-order valence-electron chi connectivity index (χ2n) is 10.3. The smallest absolute Gasteiger partial charge is 0.139 e. The van der Waals surface area contributed by atoms with Crippen LogP contribution in [-0.4, -0.2) is 0 Å². The quantitative estimate of drug-likeness (QED) is 0.301. The first-order valence-corrected chi connectivity index (χ1v) is 13.0. The van der Waals surface area contributed by atoms with Gasteiger partial charge in [-0.25, -0.2) is 0 Å². The molecule has 0 saturated heterocycles. The number of hydrogen-bond donors (Lipinski definition) is 0. The van der Waals surface area contributed by atoms with E-state index in [4.69, 9.17) is 4.74 Å². The van der Waals surface area contributed by atoms with Crippen molar-refractivity contribution in [2.24, 2.45) is 0 Å². The van der Waals surface area contributed by atoms with Gasteiger partial charge in [0, 0.05) is 21.8 Å². The van der Waals surface area contributed by atoms with Crippen LogP contribution in [0.15, 0.2) is 97.1 Å². The molecule has 0 N–H and O–H groups in total. The normalized spacial score (nSPS) is 14.4. The zero-order valence-electron chi connectivity index (χ0n) is 20.1. The number of ether oxygens (including phenoxy) is 1. The molecule has 4 aromatic rings. The van der Waals surface area contributed by atoms with Crippen molar-refractivity contribution in [3.63, 3.8) is 0 Å². The first kappa shape index (κ1) is 21.9. The third kappa shape index (κ3) is 3.90. The third-order valence-electron chi connectivity index (χ3n) is 6.67. The Morgan fingerprint density at radius 2 is 1.27 bits per heavy atom. The molecule has 0 saturated carbocycles. The van der Waals surface area contributed by atoms with E-state index in [1.54, 1.807) is 0 Å². The summed E-state index contributed by atoms with van der Waals surface area (Å²) in [5.74, 6) is 2.00. The summed E-state index contributed by atoms with van der Waals surface area (Å²) in [6.45, 7) is 11.5. The lowest BCUT2D eigenvalue weighted by Crippen LogP contribution is -2.30. The van der Waals surface area contributed by atoms with Crippen molar-refractivity contribution in [3.05, 3.63) is 114 Å². The molecule has 0 amide bonds. The molecule has 0 bridgehead atoms. The predicted octanol–water partition coefficient (Wildman–Crippen LogP) is 7.17. The van der Waals surface area contributed by atoms with Gasteiger partial charge < -0.3 is 4.74 Å². The predicted molar refractivity (Wildman–Crippen MR) is 142 cm³/mol. The monoisotopic (exact) mass is 450 g/mol. The van der Waals surface area contributed by atoms with Gasteiger partial charge in [-0.3, -0.25) is 0 Å². The Morgan fingerprint density at radius 3 is 1.85 bits per heavy atom. The van der Waals surface area contributed by atoms with E-state index in [1.807, 2.05) is 0 Å². The topological polar surface area (TPSA) is 9.23 Å². The summed E-state index contributed by atoms with van der Waals surface area (Å²) in [5, 5.41) is 3.95. The van der Waals surface area contributed by atoms with Gasteiger partial charge in [-0.2, -0.15) is 0 Å². The van der Waals surface area contributed by atoms with E-state index in [1.165, 1.54) is 32.6 Å². The Hall–Kier alpha value is -2.89. The lowest BCUT2D eigenvalue weighted by atomic mass is 9.73. The highest BCUT2D eigenvalue weighted by atomic mass is 31.1. The molecule has 1 nitrogen and oxygen atoms in total. The largest absolute Gasteiger partial charge is 0.456 e. The summed E-state index contributed by atoms with van der Waals surface area (Å²) in [6, 6.07) is 35.2. The van der Waals surface area contributed by atoms with Crippen molar-refractivity contribution in [2.75, 3.05) is 0 Å². The lowest BCUT2D eigenvalue weighted by Gasteiger charge is -2.37. The van der Waals surface area contributed by atoms with E-state index in [0.29, 0.717) is 0 Å². The molecule has 0 aromatic heterocycles. The number of rotatable bonds is 3. The molecule has 0 radical (unpaired) electrons. The minimum atomic E-state index is -0.741. The van der Waals surface area contributed by atoms with Crippen molar-refractivity contribution in [3.8, 4) is 11.5 Å². The minimum absolute atomic E-state index is 0.0994. The van der Waals surface area contributed by atoms with Gasteiger partial charge in [-0.1, -0.05) is 126 Å². The summed E-state index contributed by atoms with van der Waals surface area (Å²) in [7, 11) is -0.741. The van der Waals surface area contributed by atoms with Gasteiger partial charge in [-0.05, 0) is 35.6 Å². The van der Waals surface area contributed by atoms with E-state index in [-0.39, 0.29) is 10.8 Å². The molecule has 33 heavy (non-hydrogen) atoms. The molecule has 0 fully saturated rings. The van der Waals surface area contributed by atoms with Crippen LogP contribution in [0.2, 0.25) is 0 Å². The molecule has 5 rings (SSSR count). The zero-order chi connectivity index (χ0) is 23.2. The van der Waals surface area contributed by atoms with Gasteiger partial charge >= 0.3 is 0 Å². The van der Waals surface area contributed by atoms with Crippen LogP contribution in [-0.2, 0) is 10.8 Å². The maximum atomic E-state index is 6.75. The highest BCUT2D eigenvalue weighted by molar-refractivity contribution is 7.80. The first-order chi connectivity index (χ1) is 15.8. The fourth-order valence-electron chi connectivity index (χ4n) is 4.71. The summed E-state index contributed by atoms with van der Waals surface area (Å²) < 4.78 is 6.75. The Balaban J connectivity index is 1.71. The Labute approximate surface area is 199 Å². The van der Waals surface area contributed by atoms with Crippen LogP contribution >= 0.6 is 7.92 Å². The summed E-state index contributed by atoms with van der Waals surface area (Å²) in [4.78, 5) is 0. The molecule has 1 heterocycles. The highest BCUT2D eigenvalue weighted by Crippen LogP contribution is 2.51. The van der Waals surface area contributed by atoms with Crippen LogP contribution in [0.3, 0.4) is 0 Å². The summed E-state index contributed by atoms with van der Waals surface area (Å²) >= 11 is 0. The number of fused-ring (bicyclic) bond motifs is 2. The second-order valence-corrected chi connectivity index (χ2v) is 12.5. The SMILES string of the molecule is CC(C)(C)c1ccc2c(c1)C(C)(C)c1cccc(P(c3ccccc3)c3ccccc3)c1O2. The van der Waals surface area contributed by atoms with Crippen LogP contribution in [0, 0.1) is 0 Å². The molecule has 0 aliphatic carbocycles. The number of para-hydroxylation sites is 1. The number of hydrogen-bond acceptors (Lipinski definition) is 1. The maximum absolute atomic E-state index is 6.75. The zero-order valence-corrected chi connectivity index (χ0v) is 21.0. The summed E-state index contributed by atoms with van der Waals surface area (Å²) in [5.41, 5.74) is 3.83. The molecular weight excluding hydrogens is 419 g/mol.